The van der Waals surface area contributed by atoms with Crippen LogP contribution in [-0.4, -0.2) is 36.5 Å². The van der Waals surface area contributed by atoms with Crippen molar-refractivity contribution in [2.45, 2.75) is 19.8 Å². The lowest BCUT2D eigenvalue weighted by atomic mass is 9.97. The lowest BCUT2D eigenvalue weighted by Gasteiger charge is -2.31. The first-order valence-corrected chi connectivity index (χ1v) is 7.63. The molecule has 2 rings (SSSR count). The van der Waals surface area contributed by atoms with Crippen LogP contribution in [0.4, 0.5) is 0 Å². The summed E-state index contributed by atoms with van der Waals surface area (Å²) in [5, 5.41) is 0. The molecule has 0 spiro atoms. The van der Waals surface area contributed by atoms with E-state index in [1.807, 2.05) is 18.2 Å². The number of hydrogen-bond donors (Lipinski definition) is 0. The molecule has 5 heteroatoms. The number of halogens is 1. The van der Waals surface area contributed by atoms with Crippen molar-refractivity contribution in [3.8, 4) is 0 Å². The molecule has 0 saturated carbocycles. The highest BCUT2D eigenvalue weighted by Gasteiger charge is 2.30. The summed E-state index contributed by atoms with van der Waals surface area (Å²) >= 11 is 3.39. The first kappa shape index (κ1) is 15.0. The van der Waals surface area contributed by atoms with Gasteiger partial charge >= 0.3 is 5.97 Å². The second-order valence-electron chi connectivity index (χ2n) is 4.82. The normalized spacial score (nSPS) is 18.7. The Hall–Kier alpha value is -1.36. The Morgan fingerprint density at radius 1 is 1.40 bits per heavy atom. The van der Waals surface area contributed by atoms with Crippen LogP contribution in [0.2, 0.25) is 0 Å². The lowest BCUT2D eigenvalue weighted by molar-refractivity contribution is -0.149. The Morgan fingerprint density at radius 3 is 2.85 bits per heavy atom. The van der Waals surface area contributed by atoms with Crippen molar-refractivity contribution in [1.29, 1.82) is 0 Å². The number of nitrogens with zero attached hydrogens (tertiary/aromatic N) is 1. The van der Waals surface area contributed by atoms with E-state index < -0.39 is 0 Å². The smallest absolute Gasteiger partial charge is 0.310 e. The summed E-state index contributed by atoms with van der Waals surface area (Å²) in [7, 11) is 0. The van der Waals surface area contributed by atoms with Gasteiger partial charge in [0, 0.05) is 17.6 Å². The van der Waals surface area contributed by atoms with Crippen molar-refractivity contribution in [3.05, 3.63) is 34.3 Å². The lowest BCUT2D eigenvalue weighted by Crippen LogP contribution is -2.42. The first-order chi connectivity index (χ1) is 9.63. The number of rotatable bonds is 3. The molecule has 1 aromatic rings. The number of benzene rings is 1. The number of carbonyl (C=O) groups excluding carboxylic acids is 2. The molecule has 20 heavy (non-hydrogen) atoms. The van der Waals surface area contributed by atoms with Crippen LogP contribution in [-0.2, 0) is 9.53 Å². The summed E-state index contributed by atoms with van der Waals surface area (Å²) in [6, 6.07) is 7.35. The highest BCUT2D eigenvalue weighted by atomic mass is 79.9. The molecule has 4 nitrogen and oxygen atoms in total. The van der Waals surface area contributed by atoms with Crippen LogP contribution < -0.4 is 0 Å². The maximum absolute atomic E-state index is 12.5. The van der Waals surface area contributed by atoms with Gasteiger partial charge in [-0.05, 0) is 47.8 Å². The summed E-state index contributed by atoms with van der Waals surface area (Å²) in [4.78, 5) is 26.0. The van der Waals surface area contributed by atoms with E-state index in [2.05, 4.69) is 15.9 Å². The molecular formula is C15H18BrNO3. The highest BCUT2D eigenvalue weighted by Crippen LogP contribution is 2.23. The van der Waals surface area contributed by atoms with Crippen LogP contribution >= 0.6 is 15.9 Å². The number of likely N-dealkylation sites (tertiary alicyclic amines) is 1. The minimum absolute atomic E-state index is 0.0357. The zero-order valence-electron chi connectivity index (χ0n) is 11.5. The second kappa shape index (κ2) is 6.88. The Bertz CT molecular complexity index is 504. The Morgan fingerprint density at radius 2 is 2.15 bits per heavy atom. The van der Waals surface area contributed by atoms with Crippen molar-refractivity contribution < 1.29 is 14.3 Å². The Balaban J connectivity index is 2.07. The molecule has 0 aliphatic carbocycles. The monoisotopic (exact) mass is 339 g/mol. The quantitative estimate of drug-likeness (QED) is 0.795. The molecule has 1 aliphatic rings. The number of carbonyl (C=O) groups is 2. The molecule has 1 heterocycles. The van der Waals surface area contributed by atoms with Gasteiger partial charge in [0.1, 0.15) is 0 Å². The molecule has 1 aromatic carbocycles. The summed E-state index contributed by atoms with van der Waals surface area (Å²) in [6.45, 7) is 3.31. The predicted octanol–water partition coefficient (Wildman–Crippen LogP) is 2.86. The molecule has 1 atom stereocenters. The fraction of sp³-hybridized carbons (Fsp3) is 0.467. The number of hydrogen-bond acceptors (Lipinski definition) is 3. The van der Waals surface area contributed by atoms with Gasteiger partial charge in [0.25, 0.3) is 5.91 Å². The molecule has 1 fully saturated rings. The van der Waals surface area contributed by atoms with Gasteiger partial charge in [0.15, 0.2) is 0 Å². The molecule has 1 amide bonds. The topological polar surface area (TPSA) is 46.6 Å². The number of ether oxygens (including phenoxy) is 1. The van der Waals surface area contributed by atoms with Gasteiger partial charge in [-0.1, -0.05) is 12.1 Å². The summed E-state index contributed by atoms with van der Waals surface area (Å²) < 4.78 is 5.83. The van der Waals surface area contributed by atoms with E-state index in [0.717, 1.165) is 17.3 Å². The van der Waals surface area contributed by atoms with Crippen molar-refractivity contribution in [1.82, 2.24) is 4.90 Å². The highest BCUT2D eigenvalue weighted by molar-refractivity contribution is 9.10. The summed E-state index contributed by atoms with van der Waals surface area (Å²) in [6.07, 6.45) is 1.62. The van der Waals surface area contributed by atoms with Crippen LogP contribution in [0.1, 0.15) is 30.1 Å². The van der Waals surface area contributed by atoms with Gasteiger partial charge in [-0.2, -0.15) is 0 Å². The van der Waals surface area contributed by atoms with E-state index in [4.69, 9.17) is 4.74 Å². The Labute approximate surface area is 127 Å². The maximum atomic E-state index is 12.5. The van der Waals surface area contributed by atoms with E-state index in [0.29, 0.717) is 25.3 Å². The average Bonchev–Trinajstić information content (AvgIpc) is 2.47. The third kappa shape index (κ3) is 3.39. The molecule has 0 aromatic heterocycles. The largest absolute Gasteiger partial charge is 0.466 e. The fourth-order valence-corrected chi connectivity index (χ4v) is 2.87. The van der Waals surface area contributed by atoms with Gasteiger partial charge in [-0.15, -0.1) is 0 Å². The molecule has 0 unspecified atom stereocenters. The zero-order valence-corrected chi connectivity index (χ0v) is 13.1. The average molecular weight is 340 g/mol. The van der Waals surface area contributed by atoms with Crippen LogP contribution in [0.15, 0.2) is 28.7 Å². The summed E-state index contributed by atoms with van der Waals surface area (Å²) in [5.41, 5.74) is 0.636. The van der Waals surface area contributed by atoms with Gasteiger partial charge in [0.05, 0.1) is 18.1 Å². The van der Waals surface area contributed by atoms with Crippen molar-refractivity contribution in [3.63, 3.8) is 0 Å². The molecule has 1 saturated heterocycles. The van der Waals surface area contributed by atoms with Gasteiger partial charge < -0.3 is 9.64 Å². The number of amides is 1. The third-order valence-corrected chi connectivity index (χ3v) is 4.12. The SMILES string of the molecule is CCOC(=O)[C@@H]1CCCN(C(=O)c2ccccc2Br)C1. The Kier molecular flexibility index (Phi) is 5.17. The number of esters is 1. The van der Waals surface area contributed by atoms with E-state index in [1.165, 1.54) is 0 Å². The van der Waals surface area contributed by atoms with E-state index in [-0.39, 0.29) is 17.8 Å². The molecular weight excluding hydrogens is 322 g/mol. The van der Waals surface area contributed by atoms with Gasteiger partial charge in [-0.3, -0.25) is 9.59 Å². The third-order valence-electron chi connectivity index (χ3n) is 3.43. The fourth-order valence-electron chi connectivity index (χ4n) is 2.42. The first-order valence-electron chi connectivity index (χ1n) is 6.84. The van der Waals surface area contributed by atoms with E-state index in [9.17, 15) is 9.59 Å². The van der Waals surface area contributed by atoms with E-state index in [1.54, 1.807) is 17.9 Å². The maximum Gasteiger partial charge on any atom is 0.310 e. The van der Waals surface area contributed by atoms with Crippen LogP contribution in [0.3, 0.4) is 0 Å². The molecule has 1 aliphatic heterocycles. The van der Waals surface area contributed by atoms with Crippen molar-refractivity contribution >= 4 is 27.8 Å². The van der Waals surface area contributed by atoms with E-state index >= 15 is 0 Å². The molecule has 108 valence electrons. The second-order valence-corrected chi connectivity index (χ2v) is 5.68. The summed E-state index contributed by atoms with van der Waals surface area (Å²) in [5.74, 6) is -0.432. The molecule has 0 radical (unpaired) electrons. The molecule has 0 bridgehead atoms. The van der Waals surface area contributed by atoms with Gasteiger partial charge in [-0.25, -0.2) is 0 Å². The minimum atomic E-state index is -0.199. The zero-order chi connectivity index (χ0) is 14.5. The van der Waals surface area contributed by atoms with Gasteiger partial charge in [0.2, 0.25) is 0 Å². The predicted molar refractivity (Wildman–Crippen MR) is 79.4 cm³/mol. The minimum Gasteiger partial charge on any atom is -0.466 e. The van der Waals surface area contributed by atoms with Crippen LogP contribution in [0, 0.1) is 5.92 Å². The van der Waals surface area contributed by atoms with Crippen LogP contribution in [0.5, 0.6) is 0 Å². The van der Waals surface area contributed by atoms with Crippen LogP contribution in [0.25, 0.3) is 0 Å². The van der Waals surface area contributed by atoms with Crippen molar-refractivity contribution in [2.75, 3.05) is 19.7 Å². The van der Waals surface area contributed by atoms with Crippen molar-refractivity contribution in [2.24, 2.45) is 5.92 Å². The standard InChI is InChI=1S/C15H18BrNO3/c1-2-20-15(19)11-6-5-9-17(10-11)14(18)12-7-3-4-8-13(12)16/h3-4,7-8,11H,2,5-6,9-10H2,1H3/t11-/m1/s1. The molecule has 0 N–H and O–H groups in total. The number of piperidine rings is 1.